The molecule has 0 aromatic heterocycles. The second-order valence-corrected chi connectivity index (χ2v) is 9.18. The number of amides is 2. The molecule has 7 heteroatoms. The predicted octanol–water partition coefficient (Wildman–Crippen LogP) is 5.73. The van der Waals surface area contributed by atoms with Crippen LogP contribution in [0.15, 0.2) is 47.4 Å². The zero-order valence-corrected chi connectivity index (χ0v) is 20.1. The van der Waals surface area contributed by atoms with Crippen molar-refractivity contribution in [2.75, 3.05) is 5.75 Å². The second kappa shape index (κ2) is 11.6. The van der Waals surface area contributed by atoms with Crippen LogP contribution in [0, 0.1) is 6.92 Å². The molecule has 0 aliphatic heterocycles. The highest BCUT2D eigenvalue weighted by Gasteiger charge is 2.28. The molecule has 0 saturated heterocycles. The van der Waals surface area contributed by atoms with Crippen molar-refractivity contribution in [3.8, 4) is 0 Å². The molecule has 0 bridgehead atoms. The first-order valence-corrected chi connectivity index (χ1v) is 11.7. The molecule has 0 spiro atoms. The van der Waals surface area contributed by atoms with Gasteiger partial charge in [0.15, 0.2) is 0 Å². The summed E-state index contributed by atoms with van der Waals surface area (Å²) in [6.45, 7) is 7.86. The van der Waals surface area contributed by atoms with Gasteiger partial charge in [0, 0.05) is 33.1 Å². The molecule has 2 aromatic rings. The maximum atomic E-state index is 13.2. The van der Waals surface area contributed by atoms with E-state index < -0.39 is 6.04 Å². The van der Waals surface area contributed by atoms with Crippen LogP contribution in [0.4, 0.5) is 0 Å². The third-order valence-corrected chi connectivity index (χ3v) is 6.65. The molecule has 0 fully saturated rings. The number of carbonyl (C=O) groups is 2. The minimum Gasteiger partial charge on any atom is -0.352 e. The van der Waals surface area contributed by atoms with Crippen molar-refractivity contribution in [1.82, 2.24) is 10.2 Å². The lowest BCUT2D eigenvalue weighted by Crippen LogP contribution is -2.50. The van der Waals surface area contributed by atoms with Gasteiger partial charge >= 0.3 is 0 Å². The Morgan fingerprint density at radius 2 is 1.67 bits per heavy atom. The Kier molecular flexibility index (Phi) is 9.53. The standard InChI is InChI=1S/C23H28Cl2N2O2S/c1-5-16(3)26-23(29)17(4)27(13-19-20(24)7-6-8-21(19)25)22(28)14-30-18-11-9-15(2)10-12-18/h6-12,16-17H,5,13-14H2,1-4H3,(H,26,29)/t16-,17+/m0/s1. The van der Waals surface area contributed by atoms with Gasteiger partial charge in [0.25, 0.3) is 0 Å². The maximum absolute atomic E-state index is 13.2. The summed E-state index contributed by atoms with van der Waals surface area (Å²) in [5, 5.41) is 3.90. The molecule has 2 aromatic carbocycles. The van der Waals surface area contributed by atoms with Gasteiger partial charge in [-0.1, -0.05) is 53.9 Å². The lowest BCUT2D eigenvalue weighted by atomic mass is 10.1. The summed E-state index contributed by atoms with van der Waals surface area (Å²) in [7, 11) is 0. The highest BCUT2D eigenvalue weighted by atomic mass is 35.5. The number of nitrogens with zero attached hydrogens (tertiary/aromatic N) is 1. The summed E-state index contributed by atoms with van der Waals surface area (Å²) < 4.78 is 0. The van der Waals surface area contributed by atoms with E-state index in [-0.39, 0.29) is 30.2 Å². The predicted molar refractivity (Wildman–Crippen MR) is 126 cm³/mol. The van der Waals surface area contributed by atoms with Crippen LogP contribution < -0.4 is 5.32 Å². The Morgan fingerprint density at radius 1 is 1.07 bits per heavy atom. The second-order valence-electron chi connectivity index (χ2n) is 7.32. The van der Waals surface area contributed by atoms with E-state index in [1.165, 1.54) is 11.8 Å². The largest absolute Gasteiger partial charge is 0.352 e. The maximum Gasteiger partial charge on any atom is 0.242 e. The summed E-state index contributed by atoms with van der Waals surface area (Å²) in [6, 6.07) is 12.6. The first-order valence-electron chi connectivity index (χ1n) is 9.95. The minimum absolute atomic E-state index is 0.0303. The molecule has 0 heterocycles. The van der Waals surface area contributed by atoms with Gasteiger partial charge in [-0.25, -0.2) is 0 Å². The molecule has 0 radical (unpaired) electrons. The lowest BCUT2D eigenvalue weighted by Gasteiger charge is -2.30. The number of hydrogen-bond donors (Lipinski definition) is 1. The third-order valence-electron chi connectivity index (χ3n) is 4.94. The summed E-state index contributed by atoms with van der Waals surface area (Å²) >= 11 is 14.1. The number of aryl methyl sites for hydroxylation is 1. The van der Waals surface area contributed by atoms with Crippen LogP contribution in [0.25, 0.3) is 0 Å². The van der Waals surface area contributed by atoms with Crippen LogP contribution in [0.2, 0.25) is 10.0 Å². The van der Waals surface area contributed by atoms with Crippen molar-refractivity contribution in [3.05, 3.63) is 63.6 Å². The lowest BCUT2D eigenvalue weighted by molar-refractivity contribution is -0.138. The Balaban J connectivity index is 2.21. The highest BCUT2D eigenvalue weighted by Crippen LogP contribution is 2.27. The van der Waals surface area contributed by atoms with E-state index in [1.807, 2.05) is 45.0 Å². The number of hydrogen-bond acceptors (Lipinski definition) is 3. The van der Waals surface area contributed by atoms with Gasteiger partial charge in [-0.15, -0.1) is 11.8 Å². The Hall–Kier alpha value is -1.69. The van der Waals surface area contributed by atoms with Crippen molar-refractivity contribution >= 4 is 46.8 Å². The van der Waals surface area contributed by atoms with Gasteiger partial charge in [-0.05, 0) is 51.5 Å². The molecular weight excluding hydrogens is 439 g/mol. The first kappa shape index (κ1) is 24.6. The number of benzene rings is 2. The molecule has 2 atom stereocenters. The molecule has 162 valence electrons. The number of carbonyl (C=O) groups excluding carboxylic acids is 2. The molecule has 2 rings (SSSR count). The van der Waals surface area contributed by atoms with E-state index in [9.17, 15) is 9.59 Å². The first-order chi connectivity index (χ1) is 14.2. The van der Waals surface area contributed by atoms with E-state index in [2.05, 4.69) is 5.32 Å². The average Bonchev–Trinajstić information content (AvgIpc) is 2.72. The zero-order chi connectivity index (χ0) is 22.3. The third kappa shape index (κ3) is 6.93. The van der Waals surface area contributed by atoms with Gasteiger partial charge in [-0.2, -0.15) is 0 Å². The molecular formula is C23H28Cl2N2O2S. The summed E-state index contributed by atoms with van der Waals surface area (Å²) in [5.41, 5.74) is 1.80. The Morgan fingerprint density at radius 3 is 2.23 bits per heavy atom. The molecule has 0 aliphatic carbocycles. The molecule has 0 unspecified atom stereocenters. The normalized spacial score (nSPS) is 12.9. The fourth-order valence-electron chi connectivity index (χ4n) is 2.76. The van der Waals surface area contributed by atoms with Gasteiger partial charge in [0.05, 0.1) is 5.75 Å². The van der Waals surface area contributed by atoms with Gasteiger partial charge < -0.3 is 10.2 Å². The van der Waals surface area contributed by atoms with Crippen molar-refractivity contribution in [2.24, 2.45) is 0 Å². The SMILES string of the molecule is CC[C@H](C)NC(=O)[C@@H](C)N(Cc1c(Cl)cccc1Cl)C(=O)CSc1ccc(C)cc1. The Labute approximate surface area is 193 Å². The average molecular weight is 467 g/mol. The fourth-order valence-corrected chi connectivity index (χ4v) is 4.07. The topological polar surface area (TPSA) is 49.4 Å². The van der Waals surface area contributed by atoms with E-state index in [0.29, 0.717) is 15.6 Å². The van der Waals surface area contributed by atoms with Crippen molar-refractivity contribution < 1.29 is 9.59 Å². The summed E-state index contributed by atoms with van der Waals surface area (Å²) in [6.07, 6.45) is 0.812. The summed E-state index contributed by atoms with van der Waals surface area (Å²) in [4.78, 5) is 28.5. The van der Waals surface area contributed by atoms with Crippen LogP contribution in [0.1, 0.15) is 38.3 Å². The quantitative estimate of drug-likeness (QED) is 0.480. The molecule has 4 nitrogen and oxygen atoms in total. The van der Waals surface area contributed by atoms with Crippen molar-refractivity contribution in [1.29, 1.82) is 0 Å². The number of nitrogens with one attached hydrogen (secondary N) is 1. The Bertz CT molecular complexity index is 854. The van der Waals surface area contributed by atoms with Crippen molar-refractivity contribution in [2.45, 2.75) is 57.6 Å². The molecule has 1 N–H and O–H groups in total. The minimum atomic E-state index is -0.655. The van der Waals surface area contributed by atoms with Gasteiger partial charge in [-0.3, -0.25) is 9.59 Å². The highest BCUT2D eigenvalue weighted by molar-refractivity contribution is 8.00. The zero-order valence-electron chi connectivity index (χ0n) is 17.7. The van der Waals surface area contributed by atoms with E-state index in [0.717, 1.165) is 16.9 Å². The number of halogens is 2. The van der Waals surface area contributed by atoms with Gasteiger partial charge in [0.2, 0.25) is 11.8 Å². The molecule has 30 heavy (non-hydrogen) atoms. The summed E-state index contributed by atoms with van der Waals surface area (Å²) in [5.74, 6) is -0.129. The number of thioether (sulfide) groups is 1. The van der Waals surface area contributed by atoms with Crippen LogP contribution in [0.5, 0.6) is 0 Å². The van der Waals surface area contributed by atoms with Crippen LogP contribution in [-0.4, -0.2) is 34.6 Å². The van der Waals surface area contributed by atoms with E-state index in [1.54, 1.807) is 30.0 Å². The van der Waals surface area contributed by atoms with Crippen LogP contribution >= 0.6 is 35.0 Å². The molecule has 2 amide bonds. The van der Waals surface area contributed by atoms with Crippen LogP contribution in [-0.2, 0) is 16.1 Å². The van der Waals surface area contributed by atoms with E-state index in [4.69, 9.17) is 23.2 Å². The fraction of sp³-hybridized carbons (Fsp3) is 0.391. The number of rotatable bonds is 9. The molecule has 0 aliphatic rings. The smallest absolute Gasteiger partial charge is 0.242 e. The molecule has 0 saturated carbocycles. The van der Waals surface area contributed by atoms with Crippen LogP contribution in [0.3, 0.4) is 0 Å². The van der Waals surface area contributed by atoms with E-state index >= 15 is 0 Å². The van der Waals surface area contributed by atoms with Gasteiger partial charge in [0.1, 0.15) is 6.04 Å². The monoisotopic (exact) mass is 466 g/mol. The van der Waals surface area contributed by atoms with Crippen molar-refractivity contribution in [3.63, 3.8) is 0 Å².